The summed E-state index contributed by atoms with van der Waals surface area (Å²) in [6.45, 7) is 3.80. The van der Waals surface area contributed by atoms with Crippen molar-refractivity contribution in [2.75, 3.05) is 58.0 Å². The lowest BCUT2D eigenvalue weighted by Crippen LogP contribution is -2.35. The Labute approximate surface area is 199 Å². The molecule has 0 radical (unpaired) electrons. The number of hydrogen-bond acceptors (Lipinski definition) is 12. The smallest absolute Gasteiger partial charge is 0.233 e. The average Bonchev–Trinajstić information content (AvgIpc) is 3.56. The van der Waals surface area contributed by atoms with Crippen molar-refractivity contribution in [3.63, 3.8) is 0 Å². The minimum absolute atomic E-state index is 0.0155. The molecular weight excluding hydrogens is 466 g/mol. The lowest BCUT2D eigenvalue weighted by atomic mass is 10.4. The molecule has 3 N–H and O–H groups in total. The van der Waals surface area contributed by atoms with Crippen molar-refractivity contribution >= 4 is 33.8 Å². The van der Waals surface area contributed by atoms with Gasteiger partial charge in [0, 0.05) is 37.0 Å². The summed E-state index contributed by atoms with van der Waals surface area (Å²) in [7, 11) is 1.86. The van der Waals surface area contributed by atoms with Crippen LogP contribution in [-0.2, 0) is 16.5 Å². The Morgan fingerprint density at radius 3 is 2.70 bits per heavy atom. The quantitative estimate of drug-likeness (QED) is 0.324. The summed E-state index contributed by atoms with van der Waals surface area (Å²) in [5, 5.41) is 25.1. The van der Waals surface area contributed by atoms with Crippen molar-refractivity contribution in [1.82, 2.24) is 25.1 Å². The molecule has 0 fully saturated rings. The first-order valence-corrected chi connectivity index (χ1v) is 12.4. The van der Waals surface area contributed by atoms with Gasteiger partial charge in [0.2, 0.25) is 5.88 Å². The molecule has 0 aromatic carbocycles. The zero-order chi connectivity index (χ0) is 22.9. The van der Waals surface area contributed by atoms with Gasteiger partial charge < -0.3 is 30.0 Å². The third-order valence-electron chi connectivity index (χ3n) is 4.56. The van der Waals surface area contributed by atoms with Crippen molar-refractivity contribution in [1.29, 1.82) is 0 Å². The third kappa shape index (κ3) is 6.71. The summed E-state index contributed by atoms with van der Waals surface area (Å²) >= 11 is 3.06. The molecule has 3 aromatic rings. The molecule has 4 heterocycles. The molecule has 1 aliphatic heterocycles. The predicted molar refractivity (Wildman–Crippen MR) is 128 cm³/mol. The van der Waals surface area contributed by atoms with E-state index in [4.69, 9.17) is 24.3 Å². The molecule has 33 heavy (non-hydrogen) atoms. The molecule has 178 valence electrons. The number of aliphatic hydroxyl groups is 1. The summed E-state index contributed by atoms with van der Waals surface area (Å²) in [6.07, 6.45) is 1.05. The second-order valence-corrected chi connectivity index (χ2v) is 8.72. The van der Waals surface area contributed by atoms with E-state index in [9.17, 15) is 0 Å². The van der Waals surface area contributed by atoms with Crippen LogP contribution in [0.1, 0.15) is 6.42 Å². The minimum atomic E-state index is 0.0155. The Hall–Kier alpha value is -2.58. The number of aliphatic hydroxyl groups excluding tert-OH is 1. The molecule has 0 aliphatic carbocycles. The van der Waals surface area contributed by atoms with Crippen LogP contribution in [-0.4, -0.2) is 83.5 Å². The van der Waals surface area contributed by atoms with E-state index in [-0.39, 0.29) is 6.61 Å². The Kier molecular flexibility index (Phi) is 8.60. The number of aryl methyl sites for hydroxylation is 1. The Bertz CT molecular complexity index is 1050. The predicted octanol–water partition coefficient (Wildman–Crippen LogP) is 1.83. The van der Waals surface area contributed by atoms with E-state index in [1.165, 1.54) is 22.7 Å². The van der Waals surface area contributed by atoms with Crippen LogP contribution >= 0.6 is 22.7 Å². The molecule has 0 saturated heterocycles. The van der Waals surface area contributed by atoms with Gasteiger partial charge in [0.1, 0.15) is 28.7 Å². The highest BCUT2D eigenvalue weighted by Gasteiger charge is 2.15. The highest BCUT2D eigenvalue weighted by Crippen LogP contribution is 2.31. The summed E-state index contributed by atoms with van der Waals surface area (Å²) < 4.78 is 18.0. The molecule has 11 nitrogen and oxygen atoms in total. The van der Waals surface area contributed by atoms with Gasteiger partial charge in [-0.05, 0) is 6.42 Å². The van der Waals surface area contributed by atoms with Crippen molar-refractivity contribution in [2.45, 2.75) is 6.42 Å². The molecule has 0 amide bonds. The number of aliphatic imine (C=N–C) groups is 1. The van der Waals surface area contributed by atoms with Crippen LogP contribution in [0.15, 0.2) is 21.8 Å². The first kappa shape index (κ1) is 23.6. The second-order valence-electron chi connectivity index (χ2n) is 7.00. The number of rotatable bonds is 12. The monoisotopic (exact) mass is 493 g/mol. The van der Waals surface area contributed by atoms with E-state index in [0.717, 1.165) is 52.7 Å². The molecule has 1 aliphatic rings. The van der Waals surface area contributed by atoms with Gasteiger partial charge in [-0.1, -0.05) is 0 Å². The maximum Gasteiger partial charge on any atom is 0.233 e. The fourth-order valence-corrected chi connectivity index (χ4v) is 4.54. The lowest BCUT2D eigenvalue weighted by Gasteiger charge is -2.13. The maximum absolute atomic E-state index is 8.65. The lowest BCUT2D eigenvalue weighted by molar-refractivity contribution is 0.0243. The van der Waals surface area contributed by atoms with E-state index >= 15 is 0 Å². The minimum Gasteiger partial charge on any atom is -0.474 e. The molecular formula is C20H27N7O4S2. The molecule has 0 spiro atoms. The Morgan fingerprint density at radius 2 is 1.88 bits per heavy atom. The van der Waals surface area contributed by atoms with Gasteiger partial charge in [-0.25, -0.2) is 9.97 Å². The molecule has 3 aromatic heterocycles. The maximum atomic E-state index is 8.65. The van der Waals surface area contributed by atoms with Gasteiger partial charge in [0.05, 0.1) is 33.0 Å². The highest BCUT2D eigenvalue weighted by molar-refractivity contribution is 7.14. The van der Waals surface area contributed by atoms with E-state index in [2.05, 4.69) is 25.7 Å². The van der Waals surface area contributed by atoms with Gasteiger partial charge in [-0.3, -0.25) is 9.67 Å². The fraction of sp³-hybridized carbons (Fsp3) is 0.500. The Balaban J connectivity index is 1.29. The third-order valence-corrected chi connectivity index (χ3v) is 6.18. The number of guanidine groups is 1. The van der Waals surface area contributed by atoms with E-state index in [1.54, 1.807) is 4.68 Å². The first-order chi connectivity index (χ1) is 16.2. The number of thiazole rings is 2. The van der Waals surface area contributed by atoms with Crippen LogP contribution in [0.2, 0.25) is 0 Å². The topological polar surface area (TPSA) is 128 Å². The number of nitrogens with zero attached hydrogens (tertiary/aromatic N) is 5. The highest BCUT2D eigenvalue weighted by atomic mass is 32.1. The summed E-state index contributed by atoms with van der Waals surface area (Å²) in [5.74, 6) is 1.29. The molecule has 0 saturated carbocycles. The van der Waals surface area contributed by atoms with Crippen molar-refractivity contribution in [3.8, 4) is 28.0 Å². The standard InChI is InChI=1S/C20H27N7O4S2/c1-27-16(11-17(26-27)31-10-9-30-8-7-29-6-5-28)18-23-14(12-32-18)15-13-33-20(24-15)25-19-21-3-2-4-22-19/h11-13,28H,2-10H2,1H3,(H2,21,22,24,25). The van der Waals surface area contributed by atoms with Gasteiger partial charge >= 0.3 is 0 Å². The van der Waals surface area contributed by atoms with E-state index in [1.807, 2.05) is 23.9 Å². The fourth-order valence-electron chi connectivity index (χ4n) is 2.98. The van der Waals surface area contributed by atoms with Crippen LogP contribution in [0, 0.1) is 0 Å². The van der Waals surface area contributed by atoms with Crippen LogP contribution in [0.5, 0.6) is 5.88 Å². The second kappa shape index (κ2) is 12.0. The zero-order valence-corrected chi connectivity index (χ0v) is 20.0. The van der Waals surface area contributed by atoms with Crippen molar-refractivity contribution in [3.05, 3.63) is 16.8 Å². The van der Waals surface area contributed by atoms with Gasteiger partial charge in [-0.15, -0.1) is 27.8 Å². The Morgan fingerprint density at radius 1 is 1.09 bits per heavy atom. The molecule has 0 unspecified atom stereocenters. The van der Waals surface area contributed by atoms with Crippen molar-refractivity contribution in [2.24, 2.45) is 12.0 Å². The van der Waals surface area contributed by atoms with Gasteiger partial charge in [-0.2, -0.15) is 0 Å². The molecule has 4 rings (SSSR count). The summed E-state index contributed by atoms with van der Waals surface area (Å²) in [4.78, 5) is 13.8. The average molecular weight is 494 g/mol. The van der Waals surface area contributed by atoms with Gasteiger partial charge in [0.15, 0.2) is 11.1 Å². The number of ether oxygens (including phenoxy) is 3. The number of anilines is 1. The summed E-state index contributed by atoms with van der Waals surface area (Å²) in [6, 6.07) is 1.87. The van der Waals surface area contributed by atoms with E-state index in [0.29, 0.717) is 38.9 Å². The zero-order valence-electron chi connectivity index (χ0n) is 18.3. The number of nitrogens with one attached hydrogen (secondary N) is 2. The van der Waals surface area contributed by atoms with Crippen LogP contribution in [0.3, 0.4) is 0 Å². The van der Waals surface area contributed by atoms with Crippen LogP contribution < -0.4 is 15.4 Å². The number of hydrogen-bond donors (Lipinski definition) is 3. The van der Waals surface area contributed by atoms with Crippen LogP contribution in [0.25, 0.3) is 22.1 Å². The SMILES string of the molecule is Cn1nc(OCCOCCOCCO)cc1-c1nc(-c2csc(NC3=NCCCN3)n2)cs1. The van der Waals surface area contributed by atoms with Crippen molar-refractivity contribution < 1.29 is 19.3 Å². The molecule has 0 atom stereocenters. The molecule has 0 bridgehead atoms. The summed E-state index contributed by atoms with van der Waals surface area (Å²) in [5.41, 5.74) is 2.51. The van der Waals surface area contributed by atoms with E-state index < -0.39 is 0 Å². The first-order valence-electron chi connectivity index (χ1n) is 10.6. The molecule has 13 heteroatoms. The normalized spacial score (nSPS) is 13.6. The van der Waals surface area contributed by atoms with Crippen LogP contribution in [0.4, 0.5) is 5.13 Å². The number of aromatic nitrogens is 4. The van der Waals surface area contributed by atoms with Gasteiger partial charge in [0.25, 0.3) is 0 Å². The largest absolute Gasteiger partial charge is 0.474 e.